The van der Waals surface area contributed by atoms with E-state index in [2.05, 4.69) is 27.0 Å². The van der Waals surface area contributed by atoms with Crippen molar-refractivity contribution in [2.45, 2.75) is 0 Å². The maximum atomic E-state index is 12.7. The van der Waals surface area contributed by atoms with Gasteiger partial charge in [-0.2, -0.15) is 5.26 Å². The molecule has 0 saturated heterocycles. The van der Waals surface area contributed by atoms with Crippen LogP contribution in [-0.4, -0.2) is 16.8 Å². The van der Waals surface area contributed by atoms with E-state index in [-0.39, 0.29) is 11.8 Å². The van der Waals surface area contributed by atoms with Crippen LogP contribution in [0.4, 0.5) is 5.69 Å². The van der Waals surface area contributed by atoms with Crippen molar-refractivity contribution in [2.24, 2.45) is 0 Å². The smallest absolute Gasteiger partial charge is 0.266 e. The van der Waals surface area contributed by atoms with Crippen molar-refractivity contribution in [1.29, 1.82) is 5.26 Å². The second-order valence-electron chi connectivity index (χ2n) is 6.13. The van der Waals surface area contributed by atoms with E-state index in [4.69, 9.17) is 0 Å². The van der Waals surface area contributed by atoms with Crippen molar-refractivity contribution in [2.75, 3.05) is 4.90 Å². The van der Waals surface area contributed by atoms with Crippen LogP contribution in [0.5, 0.6) is 0 Å². The van der Waals surface area contributed by atoms with E-state index < -0.39 is 0 Å². The zero-order chi connectivity index (χ0) is 19.7. The van der Waals surface area contributed by atoms with Gasteiger partial charge in [-0.05, 0) is 59.7 Å². The molecule has 28 heavy (non-hydrogen) atoms. The number of rotatable bonds is 3. The highest BCUT2D eigenvalue weighted by Gasteiger charge is 2.36. The molecule has 4 rings (SSSR count). The molecule has 3 aromatic rings. The van der Waals surface area contributed by atoms with Gasteiger partial charge in [0, 0.05) is 16.9 Å². The molecule has 1 aliphatic heterocycles. The molecule has 5 nitrogen and oxygen atoms in total. The maximum absolute atomic E-state index is 12.7. The number of benzene rings is 2. The molecule has 2 amide bonds. The number of hydrogen-bond acceptors (Lipinski definition) is 4. The Morgan fingerprint density at radius 1 is 0.964 bits per heavy atom. The number of carbonyl (C=O) groups excluding carboxylic acids is 2. The van der Waals surface area contributed by atoms with Gasteiger partial charge in [0.05, 0.1) is 28.5 Å². The van der Waals surface area contributed by atoms with E-state index in [1.54, 1.807) is 60.9 Å². The van der Waals surface area contributed by atoms with Gasteiger partial charge < -0.3 is 0 Å². The van der Waals surface area contributed by atoms with Crippen molar-refractivity contribution in [3.63, 3.8) is 0 Å². The number of anilines is 1. The quantitative estimate of drug-likeness (QED) is 0.446. The molecule has 0 bridgehead atoms. The summed E-state index contributed by atoms with van der Waals surface area (Å²) in [6, 6.07) is 17.6. The summed E-state index contributed by atoms with van der Waals surface area (Å²) in [5.74, 6) is -0.713. The number of pyridine rings is 1. The van der Waals surface area contributed by atoms with E-state index in [1.807, 2.05) is 12.1 Å². The average Bonchev–Trinajstić information content (AvgIpc) is 2.97. The van der Waals surface area contributed by atoms with Crippen LogP contribution in [-0.2, 0) is 0 Å². The van der Waals surface area contributed by atoms with Gasteiger partial charge in [0.2, 0.25) is 0 Å². The summed E-state index contributed by atoms with van der Waals surface area (Å²) in [4.78, 5) is 30.5. The van der Waals surface area contributed by atoms with Crippen LogP contribution in [0.3, 0.4) is 0 Å². The summed E-state index contributed by atoms with van der Waals surface area (Å²) in [7, 11) is 0. The monoisotopic (exact) mass is 429 g/mol. The SMILES string of the molecule is N#C/C(=C\c1ccncc1)c1ccc(N2C(=O)c3ccc(Br)cc3C2=O)cc1. The fourth-order valence-electron chi connectivity index (χ4n) is 3.04. The minimum Gasteiger partial charge on any atom is -0.268 e. The molecule has 0 N–H and O–H groups in total. The van der Waals surface area contributed by atoms with Crippen LogP contribution in [0, 0.1) is 11.3 Å². The van der Waals surface area contributed by atoms with Crippen LogP contribution >= 0.6 is 15.9 Å². The molecule has 6 heteroatoms. The standard InChI is InChI=1S/C22H12BrN3O2/c23-17-3-6-19-20(12-17)22(28)26(21(19)27)18-4-1-15(2-5-18)16(13-24)11-14-7-9-25-10-8-14/h1-12H/b16-11+. The van der Waals surface area contributed by atoms with E-state index in [0.717, 1.165) is 14.9 Å². The maximum Gasteiger partial charge on any atom is 0.266 e. The Bertz CT molecular complexity index is 1160. The number of amides is 2. The normalized spacial score (nSPS) is 13.4. The first-order valence-electron chi connectivity index (χ1n) is 8.39. The van der Waals surface area contributed by atoms with Crippen molar-refractivity contribution >= 4 is 45.1 Å². The summed E-state index contributed by atoms with van der Waals surface area (Å²) in [5.41, 5.74) is 3.26. The van der Waals surface area contributed by atoms with Crippen LogP contribution in [0.1, 0.15) is 31.8 Å². The first kappa shape index (κ1) is 17.8. The van der Waals surface area contributed by atoms with Crippen LogP contribution in [0.15, 0.2) is 71.5 Å². The minimum absolute atomic E-state index is 0.354. The second kappa shape index (κ2) is 7.22. The zero-order valence-corrected chi connectivity index (χ0v) is 16.1. The lowest BCUT2D eigenvalue weighted by molar-refractivity contribution is 0.0926. The van der Waals surface area contributed by atoms with Crippen molar-refractivity contribution in [1.82, 2.24) is 4.98 Å². The molecular weight excluding hydrogens is 418 g/mol. The zero-order valence-electron chi connectivity index (χ0n) is 14.5. The molecular formula is C22H12BrN3O2. The largest absolute Gasteiger partial charge is 0.268 e. The topological polar surface area (TPSA) is 74.1 Å². The van der Waals surface area contributed by atoms with Crippen LogP contribution in [0.2, 0.25) is 0 Å². The summed E-state index contributed by atoms with van der Waals surface area (Å²) in [6.07, 6.45) is 5.07. The Morgan fingerprint density at radius 2 is 1.64 bits per heavy atom. The Hall–Kier alpha value is -3.56. The predicted octanol–water partition coefficient (Wildman–Crippen LogP) is 4.71. The third kappa shape index (κ3) is 3.13. The van der Waals surface area contributed by atoms with E-state index in [1.165, 1.54) is 0 Å². The van der Waals surface area contributed by atoms with Gasteiger partial charge in [-0.3, -0.25) is 14.6 Å². The van der Waals surface area contributed by atoms with Gasteiger partial charge in [0.25, 0.3) is 11.8 Å². The number of aromatic nitrogens is 1. The van der Waals surface area contributed by atoms with Gasteiger partial charge in [-0.1, -0.05) is 28.1 Å². The van der Waals surface area contributed by atoms with Gasteiger partial charge >= 0.3 is 0 Å². The number of carbonyl (C=O) groups is 2. The number of hydrogen-bond donors (Lipinski definition) is 0. The Balaban J connectivity index is 1.66. The molecule has 0 saturated carbocycles. The lowest BCUT2D eigenvalue weighted by Crippen LogP contribution is -2.29. The van der Waals surface area contributed by atoms with Gasteiger partial charge in [-0.15, -0.1) is 0 Å². The molecule has 0 aliphatic carbocycles. The van der Waals surface area contributed by atoms with Crippen molar-refractivity contribution in [3.05, 3.63) is 93.7 Å². The molecule has 2 aromatic carbocycles. The van der Waals surface area contributed by atoms with Gasteiger partial charge in [0.1, 0.15) is 0 Å². The molecule has 0 fully saturated rings. The van der Waals surface area contributed by atoms with Crippen molar-refractivity contribution in [3.8, 4) is 6.07 Å². The Labute approximate surface area is 169 Å². The molecule has 0 spiro atoms. The molecule has 0 radical (unpaired) electrons. The molecule has 2 heterocycles. The summed E-state index contributed by atoms with van der Waals surface area (Å²) in [5, 5.41) is 9.49. The summed E-state index contributed by atoms with van der Waals surface area (Å²) >= 11 is 3.33. The van der Waals surface area contributed by atoms with E-state index >= 15 is 0 Å². The highest BCUT2D eigenvalue weighted by atomic mass is 79.9. The van der Waals surface area contributed by atoms with E-state index in [9.17, 15) is 14.9 Å². The number of fused-ring (bicyclic) bond motifs is 1. The summed E-state index contributed by atoms with van der Waals surface area (Å²) in [6.45, 7) is 0. The molecule has 0 atom stereocenters. The number of allylic oxidation sites excluding steroid dienone is 1. The Morgan fingerprint density at radius 3 is 2.32 bits per heavy atom. The van der Waals surface area contributed by atoms with Gasteiger partial charge in [0.15, 0.2) is 0 Å². The number of halogens is 1. The number of imide groups is 1. The molecule has 1 aliphatic rings. The molecule has 1 aromatic heterocycles. The first-order chi connectivity index (χ1) is 13.6. The highest BCUT2D eigenvalue weighted by Crippen LogP contribution is 2.31. The van der Waals surface area contributed by atoms with Gasteiger partial charge in [-0.25, -0.2) is 4.90 Å². The van der Waals surface area contributed by atoms with Crippen LogP contribution in [0.25, 0.3) is 11.6 Å². The molecule has 0 unspecified atom stereocenters. The molecule has 134 valence electrons. The number of nitriles is 1. The third-order valence-electron chi connectivity index (χ3n) is 4.42. The minimum atomic E-state index is -0.359. The van der Waals surface area contributed by atoms with Crippen LogP contribution < -0.4 is 4.90 Å². The first-order valence-corrected chi connectivity index (χ1v) is 9.18. The predicted molar refractivity (Wildman–Crippen MR) is 109 cm³/mol. The lowest BCUT2D eigenvalue weighted by atomic mass is 10.0. The van der Waals surface area contributed by atoms with Crippen molar-refractivity contribution < 1.29 is 9.59 Å². The van der Waals surface area contributed by atoms with E-state index in [0.29, 0.717) is 28.0 Å². The Kier molecular flexibility index (Phi) is 4.60. The second-order valence-corrected chi connectivity index (χ2v) is 7.05. The summed E-state index contributed by atoms with van der Waals surface area (Å²) < 4.78 is 0.740. The third-order valence-corrected chi connectivity index (χ3v) is 4.92. The average molecular weight is 430 g/mol. The fraction of sp³-hybridized carbons (Fsp3) is 0. The highest BCUT2D eigenvalue weighted by molar-refractivity contribution is 9.10. The number of nitrogens with zero attached hydrogens (tertiary/aromatic N) is 3. The fourth-order valence-corrected chi connectivity index (χ4v) is 3.41. The lowest BCUT2D eigenvalue weighted by Gasteiger charge is -2.14.